The summed E-state index contributed by atoms with van der Waals surface area (Å²) in [4.78, 5) is 0. The van der Waals surface area contributed by atoms with Gasteiger partial charge in [0.05, 0.1) is 6.10 Å². The number of allylic oxidation sites excluding steroid dienone is 3. The second-order valence-corrected chi connectivity index (χ2v) is 9.31. The lowest BCUT2D eigenvalue weighted by Crippen LogP contribution is -2.54. The number of halogens is 1. The predicted octanol–water partition coefficient (Wildman–Crippen LogP) is 3.87. The standard InChI is InChI=1S/C18H25FO2S/c1-17-6-5-11(20)7-10(17)3-4-12-13-8-14(19)15(21)18(13,2)9-22-16(12)17/h5-7,10,12-16,20-21H,3-4,8-9H2,1-2H3/t10?,12-,13-,14?,15?,16+,17-,18-/m0/s1. The topological polar surface area (TPSA) is 40.5 Å². The Labute approximate surface area is 135 Å². The lowest BCUT2D eigenvalue weighted by Gasteiger charge is -2.57. The Hall–Kier alpha value is -0.480. The molecule has 1 aliphatic heterocycles. The third-order valence-electron chi connectivity index (χ3n) is 7.03. The Kier molecular flexibility index (Phi) is 3.26. The van der Waals surface area contributed by atoms with Crippen LogP contribution in [0.25, 0.3) is 0 Å². The Balaban J connectivity index is 1.68. The van der Waals surface area contributed by atoms with Crippen LogP contribution >= 0.6 is 11.8 Å². The number of thioether (sulfide) groups is 1. The van der Waals surface area contributed by atoms with Crippen molar-refractivity contribution in [2.24, 2.45) is 28.6 Å². The van der Waals surface area contributed by atoms with Gasteiger partial charge in [-0.15, -0.1) is 0 Å². The SMILES string of the molecule is C[C@]12C=CC(O)=CC1CC[C@@H]1[C@H]2SC[C@]2(C)C(O)C(F)C[C@@H]12. The average Bonchev–Trinajstić information content (AvgIpc) is 2.72. The van der Waals surface area contributed by atoms with Crippen molar-refractivity contribution in [2.75, 3.05) is 5.75 Å². The molecule has 4 rings (SSSR count). The van der Waals surface area contributed by atoms with E-state index in [9.17, 15) is 14.6 Å². The minimum Gasteiger partial charge on any atom is -0.508 e. The van der Waals surface area contributed by atoms with E-state index in [0.717, 1.165) is 18.6 Å². The van der Waals surface area contributed by atoms with Crippen LogP contribution < -0.4 is 0 Å². The molecule has 8 atom stereocenters. The Morgan fingerprint density at radius 3 is 2.86 bits per heavy atom. The first-order chi connectivity index (χ1) is 10.4. The Morgan fingerprint density at radius 1 is 1.32 bits per heavy atom. The van der Waals surface area contributed by atoms with Crippen molar-refractivity contribution in [1.29, 1.82) is 0 Å². The summed E-state index contributed by atoms with van der Waals surface area (Å²) in [5, 5.41) is 20.6. The molecule has 3 unspecified atom stereocenters. The number of aliphatic hydroxyl groups excluding tert-OH is 2. The van der Waals surface area contributed by atoms with Gasteiger partial charge in [0, 0.05) is 21.8 Å². The third kappa shape index (κ3) is 1.83. The molecule has 122 valence electrons. The molecule has 0 spiro atoms. The first-order valence-corrected chi connectivity index (χ1v) is 9.45. The minimum absolute atomic E-state index is 0.0422. The number of rotatable bonds is 0. The van der Waals surface area contributed by atoms with E-state index in [1.54, 1.807) is 0 Å². The highest BCUT2D eigenvalue weighted by molar-refractivity contribution is 8.00. The fraction of sp³-hybridized carbons (Fsp3) is 0.778. The second-order valence-electron chi connectivity index (χ2n) is 8.18. The van der Waals surface area contributed by atoms with E-state index in [1.165, 1.54) is 0 Å². The van der Waals surface area contributed by atoms with Gasteiger partial charge in [-0.1, -0.05) is 19.9 Å². The monoisotopic (exact) mass is 324 g/mol. The maximum atomic E-state index is 14.2. The largest absolute Gasteiger partial charge is 0.508 e. The highest BCUT2D eigenvalue weighted by atomic mass is 32.2. The lowest BCUT2D eigenvalue weighted by atomic mass is 9.57. The van der Waals surface area contributed by atoms with Crippen LogP contribution in [0, 0.1) is 28.6 Å². The van der Waals surface area contributed by atoms with Gasteiger partial charge in [0.15, 0.2) is 0 Å². The predicted molar refractivity (Wildman–Crippen MR) is 87.5 cm³/mol. The molecule has 3 aliphatic carbocycles. The van der Waals surface area contributed by atoms with Crippen molar-refractivity contribution < 1.29 is 14.6 Å². The van der Waals surface area contributed by atoms with Gasteiger partial charge in [-0.3, -0.25) is 0 Å². The molecule has 2 N–H and O–H groups in total. The summed E-state index contributed by atoms with van der Waals surface area (Å²) in [7, 11) is 0. The average molecular weight is 324 g/mol. The summed E-state index contributed by atoms with van der Waals surface area (Å²) in [6.45, 7) is 4.38. The van der Waals surface area contributed by atoms with Crippen molar-refractivity contribution in [3.8, 4) is 0 Å². The van der Waals surface area contributed by atoms with Crippen molar-refractivity contribution in [2.45, 2.75) is 50.6 Å². The van der Waals surface area contributed by atoms with Crippen LogP contribution in [-0.4, -0.2) is 33.5 Å². The smallest absolute Gasteiger partial charge is 0.127 e. The van der Waals surface area contributed by atoms with Gasteiger partial charge in [0.25, 0.3) is 0 Å². The van der Waals surface area contributed by atoms with Crippen LogP contribution in [0.2, 0.25) is 0 Å². The van der Waals surface area contributed by atoms with E-state index in [2.05, 4.69) is 19.9 Å². The molecule has 2 nitrogen and oxygen atoms in total. The first kappa shape index (κ1) is 15.1. The molecule has 1 saturated heterocycles. The molecule has 4 aliphatic rings. The molecule has 0 bridgehead atoms. The van der Waals surface area contributed by atoms with Gasteiger partial charge < -0.3 is 10.2 Å². The molecule has 2 saturated carbocycles. The molecule has 4 heteroatoms. The van der Waals surface area contributed by atoms with E-state index in [1.807, 2.05) is 23.9 Å². The summed E-state index contributed by atoms with van der Waals surface area (Å²) in [5.41, 5.74) is -0.231. The maximum Gasteiger partial charge on any atom is 0.127 e. The van der Waals surface area contributed by atoms with E-state index >= 15 is 0 Å². The van der Waals surface area contributed by atoms with E-state index in [4.69, 9.17) is 0 Å². The van der Waals surface area contributed by atoms with Crippen molar-refractivity contribution >= 4 is 11.8 Å². The van der Waals surface area contributed by atoms with Crippen LogP contribution in [0.5, 0.6) is 0 Å². The van der Waals surface area contributed by atoms with Crippen molar-refractivity contribution in [3.63, 3.8) is 0 Å². The summed E-state index contributed by atoms with van der Waals surface area (Å²) in [6, 6.07) is 0. The zero-order valence-electron chi connectivity index (χ0n) is 13.2. The highest BCUT2D eigenvalue weighted by Gasteiger charge is 2.62. The maximum absolute atomic E-state index is 14.2. The molecular formula is C18H25FO2S. The lowest BCUT2D eigenvalue weighted by molar-refractivity contribution is -0.00668. The van der Waals surface area contributed by atoms with Gasteiger partial charge in [-0.25, -0.2) is 4.39 Å². The van der Waals surface area contributed by atoms with E-state index in [-0.39, 0.29) is 16.7 Å². The molecule has 22 heavy (non-hydrogen) atoms. The molecule has 0 radical (unpaired) electrons. The van der Waals surface area contributed by atoms with Crippen LogP contribution in [0.4, 0.5) is 4.39 Å². The van der Waals surface area contributed by atoms with Crippen LogP contribution in [-0.2, 0) is 0 Å². The minimum atomic E-state index is -1.06. The molecule has 0 amide bonds. The first-order valence-electron chi connectivity index (χ1n) is 8.40. The van der Waals surface area contributed by atoms with Gasteiger partial charge >= 0.3 is 0 Å². The van der Waals surface area contributed by atoms with Crippen LogP contribution in [0.15, 0.2) is 24.0 Å². The molecular weight excluding hydrogens is 299 g/mol. The van der Waals surface area contributed by atoms with Gasteiger partial charge in [-0.05, 0) is 49.2 Å². The Bertz CT molecular complexity index is 547. The highest BCUT2D eigenvalue weighted by Crippen LogP contribution is 2.64. The van der Waals surface area contributed by atoms with Crippen LogP contribution in [0.1, 0.15) is 33.1 Å². The van der Waals surface area contributed by atoms with Gasteiger partial charge in [0.2, 0.25) is 0 Å². The fourth-order valence-corrected chi connectivity index (χ4v) is 7.74. The molecule has 0 aromatic rings. The van der Waals surface area contributed by atoms with E-state index < -0.39 is 12.3 Å². The fourth-order valence-electron chi connectivity index (χ4n) is 5.63. The van der Waals surface area contributed by atoms with Crippen LogP contribution in [0.3, 0.4) is 0 Å². The van der Waals surface area contributed by atoms with Crippen molar-refractivity contribution in [1.82, 2.24) is 0 Å². The number of hydrogen-bond acceptors (Lipinski definition) is 3. The molecule has 0 aromatic heterocycles. The van der Waals surface area contributed by atoms with Gasteiger partial charge in [0.1, 0.15) is 11.9 Å². The number of alkyl halides is 1. The number of hydrogen-bond donors (Lipinski definition) is 2. The third-order valence-corrected chi connectivity index (χ3v) is 9.04. The summed E-state index contributed by atoms with van der Waals surface area (Å²) in [5.74, 6) is 2.36. The van der Waals surface area contributed by atoms with E-state index in [0.29, 0.717) is 29.3 Å². The van der Waals surface area contributed by atoms with Crippen molar-refractivity contribution in [3.05, 3.63) is 24.0 Å². The summed E-state index contributed by atoms with van der Waals surface area (Å²) >= 11 is 1.93. The van der Waals surface area contributed by atoms with Gasteiger partial charge in [-0.2, -0.15) is 11.8 Å². The Morgan fingerprint density at radius 2 is 2.09 bits per heavy atom. The molecule has 3 fully saturated rings. The zero-order chi connectivity index (χ0) is 15.7. The normalized spacial score (nSPS) is 56.8. The number of fused-ring (bicyclic) bond motifs is 5. The molecule has 1 heterocycles. The molecule has 0 aromatic carbocycles. The second kappa shape index (κ2) is 4.76. The summed E-state index contributed by atoms with van der Waals surface area (Å²) < 4.78 is 14.2. The summed E-state index contributed by atoms with van der Waals surface area (Å²) in [6.07, 6.45) is 6.79. The quantitative estimate of drug-likeness (QED) is 0.710. The zero-order valence-corrected chi connectivity index (χ0v) is 14.0. The number of aliphatic hydroxyl groups is 2.